The molecule has 6 heteroatoms. The smallest absolute Gasteiger partial charge is 0.251 e. The number of nitrogens with one attached hydrogen (secondary N) is 1. The summed E-state index contributed by atoms with van der Waals surface area (Å²) >= 11 is 3.30. The summed E-state index contributed by atoms with van der Waals surface area (Å²) in [6.45, 7) is 3.05. The van der Waals surface area contributed by atoms with Crippen LogP contribution in [0.3, 0.4) is 0 Å². The van der Waals surface area contributed by atoms with E-state index in [9.17, 15) is 9.59 Å². The van der Waals surface area contributed by atoms with Gasteiger partial charge in [0.1, 0.15) is 0 Å². The van der Waals surface area contributed by atoms with Crippen molar-refractivity contribution in [3.8, 4) is 0 Å². The second-order valence-electron chi connectivity index (χ2n) is 6.35. The maximum absolute atomic E-state index is 12.9. The van der Waals surface area contributed by atoms with Crippen LogP contribution in [0, 0.1) is 0 Å². The molecule has 0 radical (unpaired) electrons. The van der Waals surface area contributed by atoms with Crippen molar-refractivity contribution in [2.75, 3.05) is 0 Å². The van der Waals surface area contributed by atoms with Gasteiger partial charge in [0.2, 0.25) is 5.91 Å². The van der Waals surface area contributed by atoms with Gasteiger partial charge in [0.25, 0.3) is 5.91 Å². The fourth-order valence-electron chi connectivity index (χ4n) is 2.75. The van der Waals surface area contributed by atoms with Crippen molar-refractivity contribution < 1.29 is 9.59 Å². The second-order valence-corrected chi connectivity index (χ2v) is 8.42. The number of carbonyl (C=O) groups is 2. The Kier molecular flexibility index (Phi) is 6.79. The van der Waals surface area contributed by atoms with Crippen molar-refractivity contribution in [2.45, 2.75) is 32.5 Å². The van der Waals surface area contributed by atoms with Crippen LogP contribution in [0.1, 0.15) is 33.5 Å². The highest BCUT2D eigenvalue weighted by Gasteiger charge is 2.19. The Bertz CT molecular complexity index is 809. The first-order chi connectivity index (χ1) is 13.1. The van der Waals surface area contributed by atoms with E-state index in [1.54, 1.807) is 34.8 Å². The first-order valence-electron chi connectivity index (χ1n) is 8.80. The minimum absolute atomic E-state index is 0.0395. The van der Waals surface area contributed by atoms with Crippen molar-refractivity contribution in [2.24, 2.45) is 0 Å². The lowest BCUT2D eigenvalue weighted by atomic mass is 10.1. The lowest BCUT2D eigenvalue weighted by molar-refractivity contribution is -0.132. The molecule has 0 saturated heterocycles. The minimum Gasteiger partial charge on any atom is -0.349 e. The number of hydrogen-bond acceptors (Lipinski definition) is 4. The van der Waals surface area contributed by atoms with E-state index in [0.29, 0.717) is 18.7 Å². The molecule has 0 aliphatic heterocycles. The van der Waals surface area contributed by atoms with Gasteiger partial charge in [-0.2, -0.15) is 0 Å². The number of amides is 2. The van der Waals surface area contributed by atoms with Crippen LogP contribution in [0.2, 0.25) is 0 Å². The van der Waals surface area contributed by atoms with Crippen molar-refractivity contribution in [1.29, 1.82) is 0 Å². The number of rotatable bonds is 8. The van der Waals surface area contributed by atoms with E-state index in [1.165, 1.54) is 0 Å². The van der Waals surface area contributed by atoms with Crippen LogP contribution in [0.15, 0.2) is 65.4 Å². The van der Waals surface area contributed by atoms with Gasteiger partial charge in [-0.25, -0.2) is 0 Å². The van der Waals surface area contributed by atoms with E-state index >= 15 is 0 Å². The highest BCUT2D eigenvalue weighted by atomic mass is 32.1. The third kappa shape index (κ3) is 5.77. The summed E-state index contributed by atoms with van der Waals surface area (Å²) in [6.07, 6.45) is 0.273. The quantitative estimate of drug-likeness (QED) is 0.605. The Labute approximate surface area is 167 Å². The molecular weight excluding hydrogens is 376 g/mol. The van der Waals surface area contributed by atoms with E-state index in [1.807, 2.05) is 65.0 Å². The topological polar surface area (TPSA) is 49.4 Å². The minimum atomic E-state index is -0.237. The molecule has 2 amide bonds. The van der Waals surface area contributed by atoms with E-state index in [-0.39, 0.29) is 24.3 Å². The average Bonchev–Trinajstić information content (AvgIpc) is 3.36. The molecule has 0 fully saturated rings. The van der Waals surface area contributed by atoms with Gasteiger partial charge >= 0.3 is 0 Å². The Balaban J connectivity index is 1.61. The molecule has 0 bridgehead atoms. The lowest BCUT2D eigenvalue weighted by Gasteiger charge is -2.24. The molecular formula is C21H22N2O2S2. The van der Waals surface area contributed by atoms with Crippen LogP contribution in [-0.2, 0) is 17.9 Å². The third-order valence-corrected chi connectivity index (χ3v) is 5.82. The predicted molar refractivity (Wildman–Crippen MR) is 111 cm³/mol. The predicted octanol–water partition coefficient (Wildman–Crippen LogP) is 4.55. The SMILES string of the molecule is C[C@@H](CC(=O)N(Cc1cccs1)Cc1cccs1)NC(=O)c1ccccc1. The van der Waals surface area contributed by atoms with Crippen LogP contribution < -0.4 is 5.32 Å². The van der Waals surface area contributed by atoms with Crippen molar-refractivity contribution >= 4 is 34.5 Å². The monoisotopic (exact) mass is 398 g/mol. The molecule has 0 aliphatic carbocycles. The zero-order chi connectivity index (χ0) is 19.1. The highest BCUT2D eigenvalue weighted by Crippen LogP contribution is 2.18. The summed E-state index contributed by atoms with van der Waals surface area (Å²) < 4.78 is 0. The van der Waals surface area contributed by atoms with Crippen LogP contribution >= 0.6 is 22.7 Å². The van der Waals surface area contributed by atoms with Gasteiger partial charge in [0, 0.05) is 27.8 Å². The normalized spacial score (nSPS) is 11.7. The molecule has 0 saturated carbocycles. The first-order valence-corrected chi connectivity index (χ1v) is 10.6. The summed E-state index contributed by atoms with van der Waals surface area (Å²) in [7, 11) is 0. The number of carbonyl (C=O) groups excluding carboxylic acids is 2. The van der Waals surface area contributed by atoms with Crippen molar-refractivity contribution in [3.05, 3.63) is 80.7 Å². The maximum Gasteiger partial charge on any atom is 0.251 e. The van der Waals surface area contributed by atoms with Gasteiger partial charge in [-0.15, -0.1) is 22.7 Å². The molecule has 1 atom stereocenters. The average molecular weight is 399 g/mol. The van der Waals surface area contributed by atoms with E-state index in [0.717, 1.165) is 9.75 Å². The molecule has 140 valence electrons. The molecule has 0 aliphatic rings. The first kappa shape index (κ1) is 19.3. The Hall–Kier alpha value is -2.44. The zero-order valence-electron chi connectivity index (χ0n) is 15.1. The summed E-state index contributed by atoms with van der Waals surface area (Å²) in [5.41, 5.74) is 0.603. The Morgan fingerprint density at radius 1 is 0.926 bits per heavy atom. The van der Waals surface area contributed by atoms with Crippen LogP contribution in [0.5, 0.6) is 0 Å². The van der Waals surface area contributed by atoms with Gasteiger partial charge in [-0.1, -0.05) is 30.3 Å². The fourth-order valence-corrected chi connectivity index (χ4v) is 4.19. The second kappa shape index (κ2) is 9.48. The molecule has 3 aromatic rings. The van der Waals surface area contributed by atoms with E-state index in [2.05, 4.69) is 5.32 Å². The van der Waals surface area contributed by atoms with Crippen molar-refractivity contribution in [1.82, 2.24) is 10.2 Å². The molecule has 0 unspecified atom stereocenters. The molecule has 0 spiro atoms. The fraction of sp³-hybridized carbons (Fsp3) is 0.238. The van der Waals surface area contributed by atoms with Gasteiger partial charge in [0.15, 0.2) is 0 Å². The molecule has 1 N–H and O–H groups in total. The zero-order valence-corrected chi connectivity index (χ0v) is 16.8. The molecule has 4 nitrogen and oxygen atoms in total. The highest BCUT2D eigenvalue weighted by molar-refractivity contribution is 7.10. The standard InChI is InChI=1S/C21H22N2O2S2/c1-16(22-21(25)17-7-3-2-4-8-17)13-20(24)23(14-18-9-5-11-26-18)15-19-10-6-12-27-19/h2-12,16H,13-15H2,1H3,(H,22,25)/t16-/m0/s1. The molecule has 1 aromatic carbocycles. The Morgan fingerprint density at radius 2 is 1.52 bits per heavy atom. The van der Waals surface area contributed by atoms with E-state index < -0.39 is 0 Å². The third-order valence-electron chi connectivity index (χ3n) is 4.10. The summed E-state index contributed by atoms with van der Waals surface area (Å²) in [5.74, 6) is -0.114. The summed E-state index contributed by atoms with van der Waals surface area (Å²) in [6, 6.07) is 16.9. The van der Waals surface area contributed by atoms with Gasteiger partial charge in [-0.3, -0.25) is 9.59 Å². The maximum atomic E-state index is 12.9. The van der Waals surface area contributed by atoms with Crippen LogP contribution in [0.25, 0.3) is 0 Å². The summed E-state index contributed by atoms with van der Waals surface area (Å²) in [4.78, 5) is 29.4. The van der Waals surface area contributed by atoms with Crippen LogP contribution in [0.4, 0.5) is 0 Å². The molecule has 27 heavy (non-hydrogen) atoms. The number of nitrogens with zero attached hydrogens (tertiary/aromatic N) is 1. The molecule has 2 aromatic heterocycles. The molecule has 3 rings (SSSR count). The number of hydrogen-bond donors (Lipinski definition) is 1. The van der Waals surface area contributed by atoms with Gasteiger partial charge in [-0.05, 0) is 41.9 Å². The largest absolute Gasteiger partial charge is 0.349 e. The lowest BCUT2D eigenvalue weighted by Crippen LogP contribution is -2.38. The van der Waals surface area contributed by atoms with Crippen LogP contribution in [-0.4, -0.2) is 22.8 Å². The van der Waals surface area contributed by atoms with Crippen molar-refractivity contribution in [3.63, 3.8) is 0 Å². The van der Waals surface area contributed by atoms with Gasteiger partial charge in [0.05, 0.1) is 13.1 Å². The van der Waals surface area contributed by atoms with E-state index in [4.69, 9.17) is 0 Å². The summed E-state index contributed by atoms with van der Waals surface area (Å²) in [5, 5.41) is 6.96. The Morgan fingerprint density at radius 3 is 2.04 bits per heavy atom. The van der Waals surface area contributed by atoms with Gasteiger partial charge < -0.3 is 10.2 Å². The number of thiophene rings is 2. The number of benzene rings is 1. The molecule has 2 heterocycles.